The number of amides is 1. The Kier molecular flexibility index (Phi) is 7.70. The third-order valence-corrected chi connectivity index (χ3v) is 7.46. The third kappa shape index (κ3) is 5.20. The van der Waals surface area contributed by atoms with E-state index in [4.69, 9.17) is 14.2 Å². The van der Waals surface area contributed by atoms with Crippen molar-refractivity contribution < 1.29 is 27.4 Å². The molecule has 0 aliphatic carbocycles. The first kappa shape index (κ1) is 24.0. The predicted octanol–water partition coefficient (Wildman–Crippen LogP) is 4.21. The van der Waals surface area contributed by atoms with E-state index in [-0.39, 0.29) is 16.6 Å². The van der Waals surface area contributed by atoms with Gasteiger partial charge < -0.3 is 14.2 Å². The van der Waals surface area contributed by atoms with Gasteiger partial charge in [0.1, 0.15) is 0 Å². The van der Waals surface area contributed by atoms with Crippen LogP contribution in [0.4, 0.5) is 5.13 Å². The SMILES string of the molecule is CCCOC(C(=O)Nc1nc2cc(OC)c(OC)cc2s1)c1ccc(S(=O)(=O)CC)cc1. The smallest absolute Gasteiger partial charge is 0.259 e. The molecule has 32 heavy (non-hydrogen) atoms. The van der Waals surface area contributed by atoms with Gasteiger partial charge in [-0.3, -0.25) is 10.1 Å². The van der Waals surface area contributed by atoms with Crippen molar-refractivity contribution in [3.8, 4) is 11.5 Å². The molecule has 1 atom stereocenters. The number of carbonyl (C=O) groups is 1. The molecule has 10 heteroatoms. The van der Waals surface area contributed by atoms with Gasteiger partial charge in [0.25, 0.3) is 5.91 Å². The van der Waals surface area contributed by atoms with E-state index in [1.165, 1.54) is 23.5 Å². The van der Waals surface area contributed by atoms with Gasteiger partial charge in [0.2, 0.25) is 0 Å². The summed E-state index contributed by atoms with van der Waals surface area (Å²) in [4.78, 5) is 17.7. The Morgan fingerprint density at radius 1 is 1.09 bits per heavy atom. The lowest BCUT2D eigenvalue weighted by Gasteiger charge is -2.17. The summed E-state index contributed by atoms with van der Waals surface area (Å²) in [6.45, 7) is 3.91. The van der Waals surface area contributed by atoms with Crippen LogP contribution in [0.5, 0.6) is 11.5 Å². The van der Waals surface area contributed by atoms with Crippen LogP contribution in [0.2, 0.25) is 0 Å². The second kappa shape index (κ2) is 10.3. The van der Waals surface area contributed by atoms with Crippen LogP contribution in [0.3, 0.4) is 0 Å². The van der Waals surface area contributed by atoms with E-state index in [1.807, 2.05) is 6.92 Å². The molecule has 1 aromatic heterocycles. The average Bonchev–Trinajstić information content (AvgIpc) is 3.19. The molecule has 0 bridgehead atoms. The van der Waals surface area contributed by atoms with E-state index in [9.17, 15) is 13.2 Å². The first-order valence-electron chi connectivity index (χ1n) is 10.1. The van der Waals surface area contributed by atoms with E-state index in [1.54, 1.807) is 45.4 Å². The van der Waals surface area contributed by atoms with Crippen LogP contribution >= 0.6 is 11.3 Å². The minimum Gasteiger partial charge on any atom is -0.493 e. The first-order chi connectivity index (χ1) is 15.3. The number of benzene rings is 2. The molecule has 1 heterocycles. The molecule has 0 fully saturated rings. The molecule has 1 unspecified atom stereocenters. The summed E-state index contributed by atoms with van der Waals surface area (Å²) in [7, 11) is -0.220. The summed E-state index contributed by atoms with van der Waals surface area (Å²) in [5, 5.41) is 3.23. The molecule has 3 aromatic rings. The van der Waals surface area contributed by atoms with E-state index in [0.717, 1.165) is 11.1 Å². The van der Waals surface area contributed by atoms with Gasteiger partial charge in [-0.2, -0.15) is 0 Å². The Hall–Kier alpha value is -2.69. The van der Waals surface area contributed by atoms with Crippen LogP contribution in [-0.4, -0.2) is 45.9 Å². The molecule has 0 saturated carbocycles. The maximum atomic E-state index is 13.0. The summed E-state index contributed by atoms with van der Waals surface area (Å²) in [5.74, 6) is 0.750. The number of sulfone groups is 1. The van der Waals surface area contributed by atoms with Crippen LogP contribution in [-0.2, 0) is 19.4 Å². The standard InChI is InChI=1S/C22H26N2O6S2/c1-5-11-30-20(14-7-9-15(10-8-14)32(26,27)6-2)21(25)24-22-23-16-12-17(28-3)18(29-4)13-19(16)31-22/h7-10,12-13,20H,5-6,11H2,1-4H3,(H,23,24,25). The molecular weight excluding hydrogens is 452 g/mol. The topological polar surface area (TPSA) is 104 Å². The predicted molar refractivity (Wildman–Crippen MR) is 125 cm³/mol. The number of aromatic nitrogens is 1. The van der Waals surface area contributed by atoms with E-state index < -0.39 is 15.9 Å². The van der Waals surface area contributed by atoms with Crippen LogP contribution in [0, 0.1) is 0 Å². The number of hydrogen-bond donors (Lipinski definition) is 1. The molecule has 0 saturated heterocycles. The molecule has 0 spiro atoms. The zero-order chi connectivity index (χ0) is 23.3. The molecule has 0 aliphatic heterocycles. The first-order valence-corrected chi connectivity index (χ1v) is 12.6. The fourth-order valence-corrected chi connectivity index (χ4v) is 4.82. The molecule has 8 nitrogen and oxygen atoms in total. The Morgan fingerprint density at radius 2 is 1.75 bits per heavy atom. The minimum absolute atomic E-state index is 0.00970. The monoisotopic (exact) mass is 478 g/mol. The number of ether oxygens (including phenoxy) is 3. The van der Waals surface area contributed by atoms with Gasteiger partial charge in [0.05, 0.1) is 35.1 Å². The highest BCUT2D eigenvalue weighted by atomic mass is 32.2. The highest BCUT2D eigenvalue weighted by Crippen LogP contribution is 2.36. The number of hydrogen-bond acceptors (Lipinski definition) is 8. The van der Waals surface area contributed by atoms with Gasteiger partial charge in [0.15, 0.2) is 32.6 Å². The Balaban J connectivity index is 1.86. The van der Waals surface area contributed by atoms with Gasteiger partial charge in [0, 0.05) is 18.7 Å². The average molecular weight is 479 g/mol. The number of methoxy groups -OCH3 is 2. The maximum Gasteiger partial charge on any atom is 0.259 e. The Morgan fingerprint density at radius 3 is 2.34 bits per heavy atom. The lowest BCUT2D eigenvalue weighted by molar-refractivity contribution is -0.127. The van der Waals surface area contributed by atoms with Crippen LogP contribution in [0.1, 0.15) is 31.9 Å². The number of thiazole rings is 1. The van der Waals surface area contributed by atoms with Gasteiger partial charge in [-0.25, -0.2) is 13.4 Å². The zero-order valence-electron chi connectivity index (χ0n) is 18.4. The summed E-state index contributed by atoms with van der Waals surface area (Å²) < 4.78 is 41.4. The van der Waals surface area contributed by atoms with Gasteiger partial charge in [-0.15, -0.1) is 0 Å². The largest absolute Gasteiger partial charge is 0.493 e. The quantitative estimate of drug-likeness (QED) is 0.465. The molecule has 1 N–H and O–H groups in total. The molecular formula is C22H26N2O6S2. The van der Waals surface area contributed by atoms with Crippen LogP contribution in [0.15, 0.2) is 41.3 Å². The summed E-state index contributed by atoms with van der Waals surface area (Å²) in [6, 6.07) is 9.77. The normalized spacial score (nSPS) is 12.5. The van der Waals surface area contributed by atoms with Crippen molar-refractivity contribution in [3.05, 3.63) is 42.0 Å². The fourth-order valence-electron chi connectivity index (χ4n) is 3.06. The third-order valence-electron chi connectivity index (χ3n) is 4.77. The van der Waals surface area contributed by atoms with Gasteiger partial charge in [-0.05, 0) is 24.1 Å². The zero-order valence-corrected chi connectivity index (χ0v) is 20.0. The molecule has 0 aliphatic rings. The van der Waals surface area contributed by atoms with Crippen molar-refractivity contribution in [2.75, 3.05) is 31.9 Å². The fraction of sp³-hybridized carbons (Fsp3) is 0.364. The molecule has 2 aromatic carbocycles. The second-order valence-electron chi connectivity index (χ2n) is 6.91. The van der Waals surface area contributed by atoms with Crippen molar-refractivity contribution in [2.45, 2.75) is 31.3 Å². The molecule has 3 rings (SSSR count). The lowest BCUT2D eigenvalue weighted by atomic mass is 10.1. The number of carbonyl (C=O) groups excluding carboxylic acids is 1. The number of nitrogens with one attached hydrogen (secondary N) is 1. The lowest BCUT2D eigenvalue weighted by Crippen LogP contribution is -2.24. The van der Waals surface area contributed by atoms with Crippen LogP contribution in [0.25, 0.3) is 10.2 Å². The number of fused-ring (bicyclic) bond motifs is 1. The highest BCUT2D eigenvalue weighted by Gasteiger charge is 2.24. The Labute approximate surface area is 191 Å². The maximum absolute atomic E-state index is 13.0. The van der Waals surface area contributed by atoms with Crippen molar-refractivity contribution in [2.24, 2.45) is 0 Å². The second-order valence-corrected chi connectivity index (χ2v) is 10.2. The summed E-state index contributed by atoms with van der Waals surface area (Å²) in [6.07, 6.45) is -0.170. The van der Waals surface area contributed by atoms with Gasteiger partial charge in [-0.1, -0.05) is 37.3 Å². The van der Waals surface area contributed by atoms with Crippen molar-refractivity contribution in [3.63, 3.8) is 0 Å². The van der Waals surface area contributed by atoms with E-state index in [0.29, 0.717) is 34.3 Å². The van der Waals surface area contributed by atoms with E-state index in [2.05, 4.69) is 10.3 Å². The van der Waals surface area contributed by atoms with Crippen molar-refractivity contribution in [1.82, 2.24) is 4.98 Å². The summed E-state index contributed by atoms with van der Waals surface area (Å²) >= 11 is 1.31. The number of nitrogens with zero attached hydrogens (tertiary/aromatic N) is 1. The van der Waals surface area contributed by atoms with Crippen molar-refractivity contribution in [1.29, 1.82) is 0 Å². The summed E-state index contributed by atoms with van der Waals surface area (Å²) in [5.41, 5.74) is 1.23. The molecule has 1 amide bonds. The number of rotatable bonds is 10. The molecule has 0 radical (unpaired) electrons. The Bertz CT molecular complexity index is 1150. The minimum atomic E-state index is -3.32. The van der Waals surface area contributed by atoms with Crippen molar-refractivity contribution >= 4 is 42.4 Å². The van der Waals surface area contributed by atoms with Crippen LogP contribution < -0.4 is 14.8 Å². The highest BCUT2D eigenvalue weighted by molar-refractivity contribution is 7.91. The number of anilines is 1. The van der Waals surface area contributed by atoms with Gasteiger partial charge >= 0.3 is 0 Å². The molecule has 172 valence electrons. The van der Waals surface area contributed by atoms with E-state index >= 15 is 0 Å².